The predicted octanol–water partition coefficient (Wildman–Crippen LogP) is -0.491. The van der Waals surface area contributed by atoms with E-state index in [0.29, 0.717) is 6.04 Å². The van der Waals surface area contributed by atoms with Gasteiger partial charge in [0.15, 0.2) is 0 Å². The highest BCUT2D eigenvalue weighted by Crippen LogP contribution is 2.19. The van der Waals surface area contributed by atoms with Gasteiger partial charge in [-0.2, -0.15) is 0 Å². The fourth-order valence-electron chi connectivity index (χ4n) is 1.78. The van der Waals surface area contributed by atoms with Gasteiger partial charge in [-0.3, -0.25) is 9.65 Å². The largest absolute Gasteiger partial charge is 0.309 e. The summed E-state index contributed by atoms with van der Waals surface area (Å²) in [5, 5.41) is 11.2. The molecule has 1 unspecified atom stereocenters. The Morgan fingerprint density at radius 1 is 1.57 bits per heavy atom. The van der Waals surface area contributed by atoms with Gasteiger partial charge in [0.2, 0.25) is 0 Å². The smallest absolute Gasteiger partial charge is 0.105 e. The molecule has 2 N–H and O–H groups in total. The second-order valence-electron chi connectivity index (χ2n) is 3.12. The summed E-state index contributed by atoms with van der Waals surface area (Å²) < 4.78 is 8.45. The number of aliphatic imine (C=N–C) groups is 1. The van der Waals surface area contributed by atoms with Gasteiger partial charge in [-0.05, 0) is 0 Å². The molecule has 3 heterocycles. The highest BCUT2D eigenvalue weighted by molar-refractivity contribution is 6.04. The third kappa shape index (κ3) is 1.41. The minimum absolute atomic E-state index is 0.330. The van der Waals surface area contributed by atoms with Crippen molar-refractivity contribution in [1.29, 1.82) is 0 Å². The molecule has 3 rings (SSSR count). The minimum Gasteiger partial charge on any atom is -0.309 e. The van der Waals surface area contributed by atoms with Crippen LogP contribution in [0.2, 0.25) is 0 Å². The standard InChI is InChI=1S/C7H9N5.ClHO/c1-5-2-10-11-12(5)7-4-8-3-6(7)9-1;1-2/h2,7-8H,1,3-4H2;2H. The first-order valence-corrected chi connectivity index (χ1v) is 4.59. The molecule has 0 bridgehead atoms. The Morgan fingerprint density at radius 3 is 3.29 bits per heavy atom. The number of nitrogens with zero attached hydrogens (tertiary/aromatic N) is 4. The molecule has 6 nitrogen and oxygen atoms in total. The summed E-state index contributed by atoms with van der Waals surface area (Å²) in [4.78, 5) is 4.46. The van der Waals surface area contributed by atoms with E-state index in [0.717, 1.165) is 25.3 Å². The second-order valence-corrected chi connectivity index (χ2v) is 3.12. The summed E-state index contributed by atoms with van der Waals surface area (Å²) >= 11 is 3.64. The van der Waals surface area contributed by atoms with Crippen molar-refractivity contribution in [1.82, 2.24) is 20.3 Å². The van der Waals surface area contributed by atoms with Crippen LogP contribution in [0, 0.1) is 0 Å². The van der Waals surface area contributed by atoms with E-state index in [1.54, 1.807) is 6.20 Å². The molecule has 1 fully saturated rings. The van der Waals surface area contributed by atoms with Crippen molar-refractivity contribution in [2.45, 2.75) is 12.6 Å². The van der Waals surface area contributed by atoms with Crippen LogP contribution in [0.25, 0.3) is 0 Å². The van der Waals surface area contributed by atoms with E-state index >= 15 is 0 Å². The first-order valence-electron chi connectivity index (χ1n) is 4.25. The van der Waals surface area contributed by atoms with E-state index in [4.69, 9.17) is 4.66 Å². The van der Waals surface area contributed by atoms with Crippen LogP contribution in [-0.2, 0) is 6.54 Å². The van der Waals surface area contributed by atoms with Crippen molar-refractivity contribution in [3.8, 4) is 0 Å². The first kappa shape index (κ1) is 9.57. The molecule has 0 radical (unpaired) electrons. The molecule has 0 aliphatic carbocycles. The molecule has 1 saturated heterocycles. The third-order valence-corrected chi connectivity index (χ3v) is 2.42. The van der Waals surface area contributed by atoms with E-state index in [2.05, 4.69) is 32.5 Å². The van der Waals surface area contributed by atoms with Crippen LogP contribution in [0.3, 0.4) is 0 Å². The molecule has 1 aromatic heterocycles. The normalized spacial score (nSPS) is 23.0. The lowest BCUT2D eigenvalue weighted by molar-refractivity contribution is 0.519. The van der Waals surface area contributed by atoms with Gasteiger partial charge in [-0.25, -0.2) is 4.68 Å². The van der Waals surface area contributed by atoms with E-state index < -0.39 is 0 Å². The minimum atomic E-state index is 0.330. The number of fused-ring (bicyclic) bond motifs is 3. The van der Waals surface area contributed by atoms with Crippen molar-refractivity contribution < 1.29 is 4.66 Å². The summed E-state index contributed by atoms with van der Waals surface area (Å²) in [6.07, 6.45) is 1.79. The lowest BCUT2D eigenvalue weighted by atomic mass is 10.2. The third-order valence-electron chi connectivity index (χ3n) is 2.42. The van der Waals surface area contributed by atoms with Crippen molar-refractivity contribution >= 4 is 17.6 Å². The van der Waals surface area contributed by atoms with Crippen LogP contribution >= 0.6 is 11.9 Å². The topological polar surface area (TPSA) is 75.3 Å². The highest BCUT2D eigenvalue weighted by atomic mass is 35.5. The zero-order valence-electron chi connectivity index (χ0n) is 7.39. The maximum Gasteiger partial charge on any atom is 0.105 e. The predicted molar refractivity (Wildman–Crippen MR) is 51.1 cm³/mol. The molecular weight excluding hydrogens is 206 g/mol. The van der Waals surface area contributed by atoms with Crippen LogP contribution in [0.5, 0.6) is 0 Å². The molecule has 7 heteroatoms. The van der Waals surface area contributed by atoms with Gasteiger partial charge in [0.1, 0.15) is 6.04 Å². The average molecular weight is 216 g/mol. The molecule has 76 valence electrons. The Balaban J connectivity index is 0.000000354. The van der Waals surface area contributed by atoms with Crippen LogP contribution in [0.15, 0.2) is 11.2 Å². The second kappa shape index (κ2) is 4.04. The average Bonchev–Trinajstić information content (AvgIpc) is 2.88. The van der Waals surface area contributed by atoms with Gasteiger partial charge < -0.3 is 5.32 Å². The van der Waals surface area contributed by atoms with Crippen molar-refractivity contribution in [2.24, 2.45) is 4.99 Å². The quantitative estimate of drug-likeness (QED) is 0.613. The van der Waals surface area contributed by atoms with Gasteiger partial charge >= 0.3 is 0 Å². The van der Waals surface area contributed by atoms with E-state index in [9.17, 15) is 0 Å². The lowest BCUT2D eigenvalue weighted by Crippen LogP contribution is -2.24. The Bertz CT molecular complexity index is 350. The zero-order valence-corrected chi connectivity index (χ0v) is 8.15. The monoisotopic (exact) mass is 215 g/mol. The number of hydrogen-bond donors (Lipinski definition) is 2. The van der Waals surface area contributed by atoms with E-state index in [1.165, 1.54) is 5.71 Å². The van der Waals surface area contributed by atoms with Crippen molar-refractivity contribution in [3.63, 3.8) is 0 Å². The van der Waals surface area contributed by atoms with Gasteiger partial charge in [-0.1, -0.05) is 5.21 Å². The van der Waals surface area contributed by atoms with Gasteiger partial charge in [0.25, 0.3) is 0 Å². The molecule has 14 heavy (non-hydrogen) atoms. The number of rotatable bonds is 0. The SMILES string of the molecule is OCl.c1nnn2c1CN=C1CNCC12. The van der Waals surface area contributed by atoms with E-state index in [1.807, 2.05) is 4.68 Å². The van der Waals surface area contributed by atoms with Crippen LogP contribution in [-0.4, -0.2) is 38.5 Å². The summed E-state index contributed by atoms with van der Waals surface area (Å²) in [7, 11) is 0. The van der Waals surface area contributed by atoms with Gasteiger partial charge in [-0.15, -0.1) is 5.10 Å². The Kier molecular flexibility index (Phi) is 2.76. The highest BCUT2D eigenvalue weighted by Gasteiger charge is 2.29. The maximum absolute atomic E-state index is 6.47. The van der Waals surface area contributed by atoms with Crippen LogP contribution < -0.4 is 5.32 Å². The Morgan fingerprint density at radius 2 is 2.43 bits per heavy atom. The fraction of sp³-hybridized carbons (Fsp3) is 0.571. The molecule has 1 aromatic rings. The number of aromatic nitrogens is 3. The number of hydrogen-bond acceptors (Lipinski definition) is 5. The van der Waals surface area contributed by atoms with Crippen molar-refractivity contribution in [3.05, 3.63) is 11.9 Å². The molecule has 2 aliphatic rings. The molecule has 0 saturated carbocycles. The van der Waals surface area contributed by atoms with E-state index in [-0.39, 0.29) is 0 Å². The Labute approximate surface area is 85.8 Å². The summed E-state index contributed by atoms with van der Waals surface area (Å²) in [5.74, 6) is 0. The lowest BCUT2D eigenvalue weighted by Gasteiger charge is -2.17. The van der Waals surface area contributed by atoms with Gasteiger partial charge in [0.05, 0.1) is 36.0 Å². The number of halogens is 1. The molecule has 0 aromatic carbocycles. The summed E-state index contributed by atoms with van der Waals surface area (Å²) in [6, 6.07) is 0.330. The van der Waals surface area contributed by atoms with Crippen LogP contribution in [0.4, 0.5) is 0 Å². The summed E-state index contributed by atoms with van der Waals surface area (Å²) in [5.41, 5.74) is 2.33. The molecule has 1 atom stereocenters. The molecule has 0 amide bonds. The van der Waals surface area contributed by atoms with Gasteiger partial charge in [0, 0.05) is 13.1 Å². The summed E-state index contributed by atoms with van der Waals surface area (Å²) in [6.45, 7) is 2.58. The molecule has 2 aliphatic heterocycles. The zero-order chi connectivity index (χ0) is 9.97. The Hall–Kier alpha value is -0.980. The van der Waals surface area contributed by atoms with Crippen LogP contribution in [0.1, 0.15) is 11.7 Å². The molecule has 0 spiro atoms. The number of nitrogens with one attached hydrogen (secondary N) is 1. The maximum atomic E-state index is 6.47. The fourth-order valence-corrected chi connectivity index (χ4v) is 1.78. The first-order chi connectivity index (χ1) is 6.95. The molecular formula is C7H10ClN5O. The van der Waals surface area contributed by atoms with Crippen molar-refractivity contribution in [2.75, 3.05) is 13.1 Å².